The molecule has 0 unspecified atom stereocenters. The maximum absolute atomic E-state index is 6.13. The Labute approximate surface area is 173 Å². The molecule has 9 heteroatoms. The van der Waals surface area contributed by atoms with E-state index in [-0.39, 0.29) is 11.9 Å². The summed E-state index contributed by atoms with van der Waals surface area (Å²) in [5.41, 5.74) is 16.1. The van der Waals surface area contributed by atoms with Crippen molar-refractivity contribution < 1.29 is 4.42 Å². The topological polar surface area (TPSA) is 134 Å². The van der Waals surface area contributed by atoms with Crippen molar-refractivity contribution in [1.82, 2.24) is 29.5 Å². The highest BCUT2D eigenvalue weighted by molar-refractivity contribution is 5.65. The Bertz CT molecular complexity index is 1200. The summed E-state index contributed by atoms with van der Waals surface area (Å²) in [5, 5.41) is 4.63. The van der Waals surface area contributed by atoms with E-state index < -0.39 is 5.54 Å². The largest absolute Gasteiger partial charge is 0.443 e. The minimum atomic E-state index is -0.434. The van der Waals surface area contributed by atoms with Crippen LogP contribution in [0.3, 0.4) is 0 Å². The van der Waals surface area contributed by atoms with Gasteiger partial charge in [0.1, 0.15) is 12.0 Å². The summed E-state index contributed by atoms with van der Waals surface area (Å²) in [6, 6.07) is 4.15. The van der Waals surface area contributed by atoms with E-state index >= 15 is 0 Å². The van der Waals surface area contributed by atoms with Crippen LogP contribution in [0.2, 0.25) is 0 Å². The molecule has 30 heavy (non-hydrogen) atoms. The second-order valence-corrected chi connectivity index (χ2v) is 8.55. The average molecular weight is 404 g/mol. The molecule has 9 nitrogen and oxygen atoms in total. The Morgan fingerprint density at radius 2 is 1.93 bits per heavy atom. The van der Waals surface area contributed by atoms with Crippen molar-refractivity contribution in [1.29, 1.82) is 0 Å². The summed E-state index contributed by atoms with van der Waals surface area (Å²) < 4.78 is 6.98. The van der Waals surface area contributed by atoms with Crippen molar-refractivity contribution in [3.05, 3.63) is 53.4 Å². The first-order valence-electron chi connectivity index (χ1n) is 9.99. The van der Waals surface area contributed by atoms with E-state index in [0.29, 0.717) is 23.1 Å². The van der Waals surface area contributed by atoms with Crippen LogP contribution in [0.25, 0.3) is 17.2 Å². The van der Waals surface area contributed by atoms with Crippen LogP contribution >= 0.6 is 0 Å². The molecule has 0 radical (unpaired) electrons. The van der Waals surface area contributed by atoms with E-state index in [1.807, 2.05) is 33.0 Å². The number of aromatic nitrogens is 6. The number of nitrogen functional groups attached to an aromatic ring is 1. The second kappa shape index (κ2) is 6.60. The maximum Gasteiger partial charge on any atom is 0.245 e. The first-order valence-corrected chi connectivity index (χ1v) is 9.99. The molecule has 4 N–H and O–H groups in total. The molecule has 0 aliphatic heterocycles. The number of anilines is 1. The van der Waals surface area contributed by atoms with Gasteiger partial charge in [0.05, 0.1) is 17.4 Å². The quantitative estimate of drug-likeness (QED) is 0.530. The van der Waals surface area contributed by atoms with Crippen molar-refractivity contribution in [2.45, 2.75) is 51.0 Å². The Balaban J connectivity index is 1.38. The molecule has 0 bridgehead atoms. The normalized spacial score (nSPS) is 19.2. The third-order valence-electron chi connectivity index (χ3n) is 5.81. The Hall–Kier alpha value is -3.33. The molecule has 1 saturated carbocycles. The summed E-state index contributed by atoms with van der Waals surface area (Å²) in [7, 11) is 0. The Morgan fingerprint density at radius 3 is 2.57 bits per heavy atom. The van der Waals surface area contributed by atoms with E-state index in [2.05, 4.69) is 26.1 Å². The van der Waals surface area contributed by atoms with Gasteiger partial charge in [0.15, 0.2) is 11.5 Å². The lowest BCUT2D eigenvalue weighted by Crippen LogP contribution is -2.30. The fourth-order valence-corrected chi connectivity index (χ4v) is 3.93. The molecule has 4 aromatic rings. The lowest BCUT2D eigenvalue weighted by molar-refractivity contribution is 0.337. The van der Waals surface area contributed by atoms with Gasteiger partial charge in [0.25, 0.3) is 0 Å². The van der Waals surface area contributed by atoms with Gasteiger partial charge in [-0.25, -0.2) is 15.0 Å². The van der Waals surface area contributed by atoms with Gasteiger partial charge in [-0.3, -0.25) is 4.98 Å². The van der Waals surface area contributed by atoms with Crippen LogP contribution in [-0.4, -0.2) is 29.5 Å². The van der Waals surface area contributed by atoms with Crippen molar-refractivity contribution in [2.24, 2.45) is 5.73 Å². The molecule has 0 spiro atoms. The average Bonchev–Trinajstić information content (AvgIpc) is 3.34. The van der Waals surface area contributed by atoms with Crippen LogP contribution in [-0.2, 0) is 5.54 Å². The van der Waals surface area contributed by atoms with E-state index in [0.717, 1.165) is 29.9 Å². The molecule has 0 saturated heterocycles. The molecular formula is C21H24N8O. The number of fused-ring (bicyclic) bond motifs is 1. The fourth-order valence-electron chi connectivity index (χ4n) is 3.93. The number of pyridine rings is 1. The number of hydrogen-bond donors (Lipinski definition) is 2. The van der Waals surface area contributed by atoms with Crippen molar-refractivity contribution in [3.8, 4) is 11.6 Å². The van der Waals surface area contributed by atoms with Gasteiger partial charge in [-0.05, 0) is 51.2 Å². The number of hydrogen-bond acceptors (Lipinski definition) is 8. The fraction of sp³-hybridized carbons (Fsp3) is 0.381. The van der Waals surface area contributed by atoms with Crippen molar-refractivity contribution in [2.75, 3.05) is 5.73 Å². The summed E-state index contributed by atoms with van der Waals surface area (Å²) in [6.45, 7) is 5.84. The number of nitrogens with zero attached hydrogens (tertiary/aromatic N) is 6. The highest BCUT2D eigenvalue weighted by atomic mass is 16.3. The molecule has 0 amide bonds. The molecule has 0 aromatic carbocycles. The van der Waals surface area contributed by atoms with Gasteiger partial charge >= 0.3 is 0 Å². The van der Waals surface area contributed by atoms with Crippen LogP contribution in [0, 0.1) is 6.92 Å². The molecule has 1 aliphatic rings. The lowest BCUT2D eigenvalue weighted by Gasteiger charge is -2.33. The first kappa shape index (κ1) is 18.7. The van der Waals surface area contributed by atoms with Gasteiger partial charge < -0.3 is 15.9 Å². The zero-order valence-corrected chi connectivity index (χ0v) is 17.2. The molecule has 4 heterocycles. The number of aryl methyl sites for hydroxylation is 1. The third kappa shape index (κ3) is 3.02. The smallest absolute Gasteiger partial charge is 0.245 e. The van der Waals surface area contributed by atoms with E-state index in [4.69, 9.17) is 20.9 Å². The summed E-state index contributed by atoms with van der Waals surface area (Å²) in [5.74, 6) is 2.21. The van der Waals surface area contributed by atoms with Crippen LogP contribution in [0.4, 0.5) is 5.95 Å². The molecule has 1 fully saturated rings. The van der Waals surface area contributed by atoms with Gasteiger partial charge in [-0.15, -0.1) is 5.10 Å². The monoisotopic (exact) mass is 404 g/mol. The van der Waals surface area contributed by atoms with Gasteiger partial charge in [-0.1, -0.05) is 6.07 Å². The maximum atomic E-state index is 6.13. The van der Waals surface area contributed by atoms with Crippen LogP contribution in [0.15, 0.2) is 35.2 Å². The number of rotatable bonds is 4. The predicted molar refractivity (Wildman–Crippen MR) is 112 cm³/mol. The van der Waals surface area contributed by atoms with Gasteiger partial charge in [0, 0.05) is 17.7 Å². The SMILES string of the molecule is Cc1c(-c2ncco2)nc(N)n2nc([C@H]3C[C@H](c4ccc(C(C)(C)N)nc4)C3)nc12. The minimum absolute atomic E-state index is 0.266. The number of oxazole rings is 1. The minimum Gasteiger partial charge on any atom is -0.443 e. The van der Waals surface area contributed by atoms with Gasteiger partial charge in [-0.2, -0.15) is 4.52 Å². The molecular weight excluding hydrogens is 380 g/mol. The van der Waals surface area contributed by atoms with Crippen molar-refractivity contribution in [3.63, 3.8) is 0 Å². The van der Waals surface area contributed by atoms with Crippen LogP contribution < -0.4 is 11.5 Å². The van der Waals surface area contributed by atoms with Gasteiger partial charge in [0.2, 0.25) is 11.8 Å². The second-order valence-electron chi connectivity index (χ2n) is 8.55. The summed E-state index contributed by atoms with van der Waals surface area (Å²) in [4.78, 5) is 17.9. The molecule has 154 valence electrons. The summed E-state index contributed by atoms with van der Waals surface area (Å²) >= 11 is 0. The number of nitrogens with two attached hydrogens (primary N) is 2. The van der Waals surface area contributed by atoms with E-state index in [9.17, 15) is 0 Å². The Kier molecular flexibility index (Phi) is 4.11. The highest BCUT2D eigenvalue weighted by Crippen LogP contribution is 2.46. The molecule has 5 rings (SSSR count). The van der Waals surface area contributed by atoms with Crippen molar-refractivity contribution >= 4 is 11.6 Å². The molecule has 1 aliphatic carbocycles. The van der Waals surface area contributed by atoms with Crippen LogP contribution in [0.1, 0.15) is 61.2 Å². The van der Waals surface area contributed by atoms with E-state index in [1.54, 1.807) is 10.7 Å². The standard InChI is InChI=1S/C21H24N8O/c1-11-16(19-24-6-7-30-19)26-20(22)29-18(11)27-17(28-29)14-8-13(9-14)12-4-5-15(25-10-12)21(2,3)23/h4-7,10,13-14H,8-9,23H2,1-3H3,(H2,22,26)/t13-,14-. The first-order chi connectivity index (χ1) is 14.3. The zero-order valence-electron chi connectivity index (χ0n) is 17.2. The highest BCUT2D eigenvalue weighted by Gasteiger charge is 2.35. The predicted octanol–water partition coefficient (Wildman–Crippen LogP) is 2.92. The third-order valence-corrected chi connectivity index (χ3v) is 5.81. The molecule has 0 atom stereocenters. The molecule has 4 aromatic heterocycles. The lowest BCUT2D eigenvalue weighted by atomic mass is 9.71. The zero-order chi connectivity index (χ0) is 21.0. The summed E-state index contributed by atoms with van der Waals surface area (Å²) in [6.07, 6.45) is 6.98. The van der Waals surface area contributed by atoms with Crippen LogP contribution in [0.5, 0.6) is 0 Å². The van der Waals surface area contributed by atoms with E-state index in [1.165, 1.54) is 11.8 Å². The Morgan fingerprint density at radius 1 is 1.13 bits per heavy atom.